The molecule has 2 rings (SSSR count). The smallest absolute Gasteiger partial charge is 0.319 e. The van der Waals surface area contributed by atoms with E-state index in [1.807, 2.05) is 61.9 Å². The van der Waals surface area contributed by atoms with E-state index < -0.39 is 0 Å². The van der Waals surface area contributed by atoms with Crippen molar-refractivity contribution in [2.45, 2.75) is 43.9 Å². The summed E-state index contributed by atoms with van der Waals surface area (Å²) in [6.45, 7) is 8.09. The number of carbonyl (C=O) groups excluding carboxylic acids is 2. The lowest BCUT2D eigenvalue weighted by Crippen LogP contribution is -2.31. The molecule has 0 heterocycles. The van der Waals surface area contributed by atoms with Gasteiger partial charge in [0.15, 0.2) is 0 Å². The Morgan fingerprint density at radius 3 is 2.55 bits per heavy atom. The Hall–Kier alpha value is -2.51. The lowest BCUT2D eigenvalue weighted by atomic mass is 10.1. The number of rotatable bonds is 10. The molecule has 0 fully saturated rings. The Bertz CT molecular complexity index is 886. The molecule has 0 saturated carbocycles. The minimum Gasteiger partial charge on any atom is -0.351 e. The number of thioether (sulfide) groups is 1. The number of aryl methyl sites for hydroxylation is 1. The van der Waals surface area contributed by atoms with E-state index in [1.165, 1.54) is 4.90 Å². The fraction of sp³-hybridized carbons (Fsp3) is 0.417. The molecule has 7 heteroatoms. The van der Waals surface area contributed by atoms with E-state index in [9.17, 15) is 9.59 Å². The zero-order valence-corrected chi connectivity index (χ0v) is 19.9. The van der Waals surface area contributed by atoms with E-state index in [-0.39, 0.29) is 11.9 Å². The van der Waals surface area contributed by atoms with Gasteiger partial charge < -0.3 is 20.9 Å². The van der Waals surface area contributed by atoms with Crippen molar-refractivity contribution >= 4 is 29.4 Å². The lowest BCUT2D eigenvalue weighted by molar-refractivity contribution is 0.0951. The molecule has 6 nitrogen and oxygen atoms in total. The van der Waals surface area contributed by atoms with Crippen molar-refractivity contribution in [2.75, 3.05) is 32.5 Å². The third-order valence-corrected chi connectivity index (χ3v) is 6.11. The average Bonchev–Trinajstić information content (AvgIpc) is 2.74. The van der Waals surface area contributed by atoms with Crippen LogP contribution in [0.2, 0.25) is 0 Å². The second-order valence-electron chi connectivity index (χ2n) is 7.88. The maximum absolute atomic E-state index is 12.4. The van der Waals surface area contributed by atoms with Gasteiger partial charge in [0.25, 0.3) is 5.91 Å². The van der Waals surface area contributed by atoms with Crippen LogP contribution in [-0.4, -0.2) is 49.3 Å². The third-order valence-electron chi connectivity index (χ3n) is 4.85. The number of amides is 3. The Kier molecular flexibility index (Phi) is 9.88. The Balaban J connectivity index is 1.88. The monoisotopic (exact) mass is 442 g/mol. The Morgan fingerprint density at radius 1 is 1.10 bits per heavy atom. The molecule has 0 aliphatic heterocycles. The normalized spacial score (nSPS) is 11.8. The molecule has 0 bridgehead atoms. The second-order valence-corrected chi connectivity index (χ2v) is 9.39. The molecule has 1 atom stereocenters. The number of urea groups is 1. The predicted octanol–water partition coefficient (Wildman–Crippen LogP) is 4.50. The fourth-order valence-electron chi connectivity index (χ4n) is 2.83. The topological polar surface area (TPSA) is 73.5 Å². The summed E-state index contributed by atoms with van der Waals surface area (Å²) in [5.74, 6) is -0.112. The summed E-state index contributed by atoms with van der Waals surface area (Å²) in [6.07, 6.45) is 1.12. The Labute approximate surface area is 190 Å². The SMILES string of the molecule is CCC(C)Sc1ccc(NC(=O)NCc2cccc(C(=O)NCCN(C)C)c2)c(C)c1. The molecule has 2 aromatic carbocycles. The summed E-state index contributed by atoms with van der Waals surface area (Å²) in [5.41, 5.74) is 3.27. The molecule has 3 amide bonds. The van der Waals surface area contributed by atoms with E-state index in [0.717, 1.165) is 29.8 Å². The third kappa shape index (κ3) is 8.63. The quantitative estimate of drug-likeness (QED) is 0.474. The summed E-state index contributed by atoms with van der Waals surface area (Å²) in [5, 5.41) is 9.23. The van der Waals surface area contributed by atoms with Gasteiger partial charge >= 0.3 is 6.03 Å². The van der Waals surface area contributed by atoms with Crippen LogP contribution in [0.15, 0.2) is 47.4 Å². The van der Waals surface area contributed by atoms with Crippen molar-refractivity contribution in [1.29, 1.82) is 0 Å². The maximum Gasteiger partial charge on any atom is 0.319 e. The van der Waals surface area contributed by atoms with E-state index in [0.29, 0.717) is 23.9 Å². The molecule has 0 aliphatic carbocycles. The second kappa shape index (κ2) is 12.4. The van der Waals surface area contributed by atoms with Gasteiger partial charge in [0, 0.05) is 41.0 Å². The number of nitrogens with one attached hydrogen (secondary N) is 3. The van der Waals surface area contributed by atoms with E-state index in [4.69, 9.17) is 0 Å². The summed E-state index contributed by atoms with van der Waals surface area (Å²) >= 11 is 1.84. The van der Waals surface area contributed by atoms with Crippen LogP contribution in [0.1, 0.15) is 41.8 Å². The first-order valence-electron chi connectivity index (χ1n) is 10.6. The van der Waals surface area contributed by atoms with Gasteiger partial charge in [-0.3, -0.25) is 4.79 Å². The van der Waals surface area contributed by atoms with Crippen molar-refractivity contribution in [2.24, 2.45) is 0 Å². The summed E-state index contributed by atoms with van der Waals surface area (Å²) in [7, 11) is 3.93. The number of benzene rings is 2. The molecule has 0 radical (unpaired) electrons. The van der Waals surface area contributed by atoms with Crippen LogP contribution >= 0.6 is 11.8 Å². The molecular weight excluding hydrogens is 408 g/mol. The highest BCUT2D eigenvalue weighted by atomic mass is 32.2. The average molecular weight is 443 g/mol. The highest BCUT2D eigenvalue weighted by molar-refractivity contribution is 7.99. The molecule has 0 aromatic heterocycles. The van der Waals surface area contributed by atoms with Gasteiger partial charge in [-0.05, 0) is 68.9 Å². The molecule has 3 N–H and O–H groups in total. The highest BCUT2D eigenvalue weighted by Crippen LogP contribution is 2.28. The maximum atomic E-state index is 12.4. The van der Waals surface area contributed by atoms with Crippen LogP contribution in [0, 0.1) is 6.92 Å². The molecular formula is C24H34N4O2S. The van der Waals surface area contributed by atoms with Gasteiger partial charge in [-0.1, -0.05) is 26.0 Å². The Morgan fingerprint density at radius 2 is 1.87 bits per heavy atom. The van der Waals surface area contributed by atoms with Crippen LogP contribution in [0.5, 0.6) is 0 Å². The van der Waals surface area contributed by atoms with Crippen molar-refractivity contribution in [1.82, 2.24) is 15.5 Å². The lowest BCUT2D eigenvalue weighted by Gasteiger charge is -2.13. The number of hydrogen-bond donors (Lipinski definition) is 3. The minimum absolute atomic E-state index is 0.112. The summed E-state index contributed by atoms with van der Waals surface area (Å²) in [6, 6.07) is 13.1. The molecule has 0 spiro atoms. The zero-order chi connectivity index (χ0) is 22.8. The van der Waals surface area contributed by atoms with Crippen LogP contribution in [0.3, 0.4) is 0 Å². The van der Waals surface area contributed by atoms with Gasteiger partial charge in [0.2, 0.25) is 0 Å². The van der Waals surface area contributed by atoms with Crippen LogP contribution in [-0.2, 0) is 6.54 Å². The number of anilines is 1. The number of nitrogens with zero attached hydrogens (tertiary/aromatic N) is 1. The van der Waals surface area contributed by atoms with Crippen LogP contribution in [0.4, 0.5) is 10.5 Å². The molecule has 2 aromatic rings. The summed E-state index contributed by atoms with van der Waals surface area (Å²) < 4.78 is 0. The first-order chi connectivity index (χ1) is 14.8. The largest absolute Gasteiger partial charge is 0.351 e. The van der Waals surface area contributed by atoms with Gasteiger partial charge in [-0.15, -0.1) is 11.8 Å². The molecule has 1 unspecified atom stereocenters. The van der Waals surface area contributed by atoms with Gasteiger partial charge in [0.1, 0.15) is 0 Å². The van der Waals surface area contributed by atoms with Crippen molar-refractivity contribution in [3.05, 3.63) is 59.2 Å². The van der Waals surface area contributed by atoms with E-state index in [2.05, 4.69) is 35.9 Å². The molecule has 31 heavy (non-hydrogen) atoms. The molecule has 0 aliphatic rings. The standard InChI is InChI=1S/C24H34N4O2S/c1-6-18(3)31-21-10-11-22(17(2)14-21)27-24(30)26-16-19-8-7-9-20(15-19)23(29)25-12-13-28(4)5/h7-11,14-15,18H,6,12-13,16H2,1-5H3,(H,25,29)(H2,26,27,30). The van der Waals surface area contributed by atoms with E-state index >= 15 is 0 Å². The predicted molar refractivity (Wildman–Crippen MR) is 130 cm³/mol. The minimum atomic E-state index is -0.272. The van der Waals surface area contributed by atoms with Crippen LogP contribution in [0.25, 0.3) is 0 Å². The highest BCUT2D eigenvalue weighted by Gasteiger charge is 2.09. The van der Waals surface area contributed by atoms with Crippen LogP contribution < -0.4 is 16.0 Å². The first-order valence-corrected chi connectivity index (χ1v) is 11.5. The van der Waals surface area contributed by atoms with E-state index in [1.54, 1.807) is 12.1 Å². The van der Waals surface area contributed by atoms with Gasteiger partial charge in [-0.2, -0.15) is 0 Å². The zero-order valence-electron chi connectivity index (χ0n) is 19.1. The first kappa shape index (κ1) is 24.8. The van der Waals surface area contributed by atoms with Crippen molar-refractivity contribution in [3.8, 4) is 0 Å². The van der Waals surface area contributed by atoms with Gasteiger partial charge in [-0.25, -0.2) is 4.79 Å². The summed E-state index contributed by atoms with van der Waals surface area (Å²) in [4.78, 5) is 27.9. The molecule has 168 valence electrons. The molecule has 0 saturated heterocycles. The number of carbonyl (C=O) groups is 2. The van der Waals surface area contributed by atoms with Gasteiger partial charge in [0.05, 0.1) is 0 Å². The van der Waals surface area contributed by atoms with Crippen molar-refractivity contribution in [3.63, 3.8) is 0 Å². The fourth-order valence-corrected chi connectivity index (χ4v) is 3.85. The van der Waals surface area contributed by atoms with Crippen molar-refractivity contribution < 1.29 is 9.59 Å². The number of likely N-dealkylation sites (N-methyl/N-ethyl adjacent to an activating group) is 1. The number of hydrogen-bond acceptors (Lipinski definition) is 4.